The molecule has 162 valence electrons. The summed E-state index contributed by atoms with van der Waals surface area (Å²) in [4.78, 5) is 29.6. The van der Waals surface area contributed by atoms with Crippen LogP contribution in [-0.4, -0.2) is 35.3 Å². The van der Waals surface area contributed by atoms with E-state index in [2.05, 4.69) is 20.8 Å². The molecule has 6 nitrogen and oxygen atoms in total. The van der Waals surface area contributed by atoms with Gasteiger partial charge in [0.2, 0.25) is 0 Å². The minimum Gasteiger partial charge on any atom is -0.550 e. The van der Waals surface area contributed by atoms with E-state index in [-0.39, 0.29) is 36.6 Å². The molecule has 0 atom stereocenters. The van der Waals surface area contributed by atoms with E-state index in [0.29, 0.717) is 0 Å². The van der Waals surface area contributed by atoms with Crippen LogP contribution in [0.25, 0.3) is 0 Å². The molecule has 0 aromatic heterocycles. The molecule has 0 saturated carbocycles. The maximum Gasteiger partial charge on any atom is 3.00 e. The summed E-state index contributed by atoms with van der Waals surface area (Å²) in [6.07, 6.45) is 12.9. The van der Waals surface area contributed by atoms with Gasteiger partial charge in [-0.2, -0.15) is 0 Å². The molecule has 0 heterocycles. The number of aliphatic carboxylic acids is 3. The van der Waals surface area contributed by atoms with E-state index in [1.54, 1.807) is 0 Å². The molecule has 28 heavy (non-hydrogen) atoms. The quantitative estimate of drug-likeness (QED) is 0.297. The first kappa shape index (κ1) is 34.4. The van der Waals surface area contributed by atoms with E-state index in [4.69, 9.17) is 0 Å². The first-order valence-corrected chi connectivity index (χ1v) is 10.4. The number of carboxylic acids is 3. The Morgan fingerprint density at radius 1 is 0.464 bits per heavy atom. The van der Waals surface area contributed by atoms with Crippen LogP contribution < -0.4 is 15.3 Å². The van der Waals surface area contributed by atoms with Gasteiger partial charge in [-0.3, -0.25) is 0 Å². The Morgan fingerprint density at radius 3 is 0.821 bits per heavy atom. The smallest absolute Gasteiger partial charge is 0.550 e. The zero-order chi connectivity index (χ0) is 21.3. The van der Waals surface area contributed by atoms with E-state index < -0.39 is 17.9 Å². The number of carboxylic acid groups (broad SMARTS) is 3. The van der Waals surface area contributed by atoms with Crippen molar-refractivity contribution in [3.8, 4) is 0 Å². The van der Waals surface area contributed by atoms with Crippen LogP contribution in [0.4, 0.5) is 0 Å². The molecule has 0 radical (unpaired) electrons. The molecule has 0 unspecified atom stereocenters. The average molecular weight is 415 g/mol. The third-order valence-electron chi connectivity index (χ3n) is 3.70. The number of carbonyl (C=O) groups excluding carboxylic acids is 3. The topological polar surface area (TPSA) is 120 Å². The van der Waals surface area contributed by atoms with Crippen molar-refractivity contribution >= 4 is 35.3 Å². The summed E-state index contributed by atoms with van der Waals surface area (Å²) in [6.45, 7) is 6.29. The van der Waals surface area contributed by atoms with Crippen molar-refractivity contribution in [2.24, 2.45) is 0 Å². The summed E-state index contributed by atoms with van der Waals surface area (Å²) in [7, 11) is 0. The van der Waals surface area contributed by atoms with Crippen molar-refractivity contribution in [3.05, 3.63) is 0 Å². The van der Waals surface area contributed by atoms with Gasteiger partial charge in [0.1, 0.15) is 0 Å². The number of carbonyl (C=O) groups is 3. The normalized spacial score (nSPS) is 9.11. The molecule has 0 saturated heterocycles. The summed E-state index contributed by atoms with van der Waals surface area (Å²) in [5, 5.41) is 29.6. The number of hydrogen-bond acceptors (Lipinski definition) is 6. The fourth-order valence-corrected chi connectivity index (χ4v) is 2.09. The van der Waals surface area contributed by atoms with Crippen LogP contribution in [0.15, 0.2) is 0 Å². The zero-order valence-corrected chi connectivity index (χ0v) is 19.3. The van der Waals surface area contributed by atoms with Gasteiger partial charge in [-0.05, 0) is 38.5 Å². The van der Waals surface area contributed by atoms with Crippen LogP contribution in [0.3, 0.4) is 0 Å². The molecule has 0 aliphatic rings. The van der Waals surface area contributed by atoms with Crippen LogP contribution >= 0.6 is 0 Å². The molecule has 0 N–H and O–H groups in total. The van der Waals surface area contributed by atoms with Crippen LogP contribution in [0.5, 0.6) is 0 Å². The summed E-state index contributed by atoms with van der Waals surface area (Å²) in [5.41, 5.74) is 0. The second-order valence-corrected chi connectivity index (χ2v) is 6.55. The summed E-state index contributed by atoms with van der Waals surface area (Å²) < 4.78 is 0. The molecule has 0 rings (SSSR count). The Morgan fingerprint density at radius 2 is 0.679 bits per heavy atom. The Bertz CT molecular complexity index is 295. The number of unbranched alkanes of at least 4 members (excludes halogenated alkanes) is 9. The predicted octanol–water partition coefficient (Wildman–Crippen LogP) is 1.74. The molecule has 0 aromatic rings. The fourth-order valence-electron chi connectivity index (χ4n) is 2.09. The van der Waals surface area contributed by atoms with Gasteiger partial charge in [0.05, 0.1) is 0 Å². The van der Waals surface area contributed by atoms with Crippen LogP contribution in [0.2, 0.25) is 0 Å². The minimum absolute atomic E-state index is 0. The first-order valence-electron chi connectivity index (χ1n) is 10.4. The van der Waals surface area contributed by atoms with Crippen molar-refractivity contribution < 1.29 is 29.7 Å². The van der Waals surface area contributed by atoms with Gasteiger partial charge < -0.3 is 29.7 Å². The second kappa shape index (κ2) is 30.7. The van der Waals surface area contributed by atoms with Gasteiger partial charge in [-0.25, -0.2) is 0 Å². The monoisotopic (exact) mass is 414 g/mol. The van der Waals surface area contributed by atoms with E-state index in [1.807, 2.05) is 0 Å². The van der Waals surface area contributed by atoms with Gasteiger partial charge in [-0.1, -0.05) is 78.6 Å². The van der Waals surface area contributed by atoms with Gasteiger partial charge in [0.15, 0.2) is 0 Å². The van der Waals surface area contributed by atoms with Crippen molar-refractivity contribution in [1.29, 1.82) is 0 Å². The summed E-state index contributed by atoms with van der Waals surface area (Å²) >= 11 is 0. The molecule has 0 amide bonds. The maximum absolute atomic E-state index is 9.85. The Hall–Kier alpha value is -1.06. The standard InChI is InChI=1S/3C7H14O2.Al/c3*1-2-3-4-5-6-7(8)9;/h3*2-6H2,1H3,(H,8,9);/q;;;+3/p-3. The van der Waals surface area contributed by atoms with Crippen molar-refractivity contribution in [2.45, 2.75) is 117 Å². The van der Waals surface area contributed by atoms with E-state index in [0.717, 1.165) is 77.0 Å². The minimum atomic E-state index is -0.925. The molecule has 0 aromatic carbocycles. The summed E-state index contributed by atoms with van der Waals surface area (Å²) in [6, 6.07) is 0. The fraction of sp³-hybridized carbons (Fsp3) is 0.857. The molecule has 0 aliphatic heterocycles. The molecule has 0 aliphatic carbocycles. The van der Waals surface area contributed by atoms with Crippen molar-refractivity contribution in [3.63, 3.8) is 0 Å². The molecular weight excluding hydrogens is 375 g/mol. The van der Waals surface area contributed by atoms with E-state index in [9.17, 15) is 29.7 Å². The Balaban J connectivity index is -0.000000152. The SMILES string of the molecule is CCCCCCC(=O)[O-].CCCCCCC(=O)[O-].CCCCCCC(=O)[O-].[Al+3]. The van der Waals surface area contributed by atoms with Gasteiger partial charge >= 0.3 is 17.4 Å². The van der Waals surface area contributed by atoms with Crippen LogP contribution in [0.1, 0.15) is 117 Å². The molecule has 0 bridgehead atoms. The van der Waals surface area contributed by atoms with E-state index >= 15 is 0 Å². The van der Waals surface area contributed by atoms with Gasteiger partial charge in [0, 0.05) is 17.9 Å². The van der Waals surface area contributed by atoms with E-state index in [1.165, 1.54) is 0 Å². The third kappa shape index (κ3) is 49.8. The average Bonchev–Trinajstić information content (AvgIpc) is 2.60. The summed E-state index contributed by atoms with van der Waals surface area (Å²) in [5.74, 6) is -2.77. The predicted molar refractivity (Wildman–Crippen MR) is 107 cm³/mol. The van der Waals surface area contributed by atoms with Crippen molar-refractivity contribution in [2.75, 3.05) is 0 Å². The van der Waals surface area contributed by atoms with Crippen molar-refractivity contribution in [1.82, 2.24) is 0 Å². The second-order valence-electron chi connectivity index (χ2n) is 6.55. The first-order chi connectivity index (χ1) is 12.8. The largest absolute Gasteiger partial charge is 3.00 e. The van der Waals surface area contributed by atoms with Crippen LogP contribution in [0, 0.1) is 0 Å². The van der Waals surface area contributed by atoms with Gasteiger partial charge in [0.25, 0.3) is 0 Å². The molecule has 7 heteroatoms. The third-order valence-corrected chi connectivity index (χ3v) is 3.70. The molecule has 0 fully saturated rings. The number of rotatable bonds is 15. The Kier molecular flexibility index (Phi) is 37.7. The van der Waals surface area contributed by atoms with Gasteiger partial charge in [-0.15, -0.1) is 0 Å². The number of hydrogen-bond donors (Lipinski definition) is 0. The molecule has 0 spiro atoms. The zero-order valence-electron chi connectivity index (χ0n) is 18.1. The van der Waals surface area contributed by atoms with Crippen LogP contribution in [-0.2, 0) is 14.4 Å². The Labute approximate surface area is 182 Å². The molecular formula is C21H39AlO6. The maximum atomic E-state index is 9.85.